The van der Waals surface area contributed by atoms with Gasteiger partial charge in [-0.25, -0.2) is 0 Å². The molecule has 1 atom stereocenters. The van der Waals surface area contributed by atoms with Gasteiger partial charge in [0.1, 0.15) is 0 Å². The van der Waals surface area contributed by atoms with Crippen LogP contribution in [-0.2, 0) is 6.18 Å². The number of benzene rings is 1. The van der Waals surface area contributed by atoms with E-state index in [9.17, 15) is 18.3 Å². The van der Waals surface area contributed by atoms with E-state index in [-0.39, 0.29) is 5.56 Å². The average molecular weight is 459 g/mol. The predicted octanol–water partition coefficient (Wildman–Crippen LogP) is 6.24. The Morgan fingerprint density at radius 1 is 1.15 bits per heavy atom. The van der Waals surface area contributed by atoms with Crippen LogP contribution >= 0.6 is 0 Å². The van der Waals surface area contributed by atoms with E-state index in [0.717, 1.165) is 42.7 Å². The molecule has 0 amide bonds. The number of alkyl halides is 3. The molecule has 1 aliphatic carbocycles. The van der Waals surface area contributed by atoms with E-state index in [4.69, 9.17) is 0 Å². The Hall–Kier alpha value is -2.74. The number of hydrogen-bond donors (Lipinski definition) is 2. The van der Waals surface area contributed by atoms with Crippen LogP contribution in [0.5, 0.6) is 0 Å². The van der Waals surface area contributed by atoms with Crippen molar-refractivity contribution in [2.24, 2.45) is 0 Å². The number of hydrogen-bond acceptors (Lipinski definition) is 5. The molecule has 2 N–H and O–H groups in total. The molecule has 176 valence electrons. The summed E-state index contributed by atoms with van der Waals surface area (Å²) in [6.45, 7) is 7.02. The largest absolute Gasteiger partial charge is 0.416 e. The molecule has 8 heteroatoms. The molecule has 33 heavy (non-hydrogen) atoms. The highest BCUT2D eigenvalue weighted by Gasteiger charge is 2.33. The first-order valence-corrected chi connectivity index (χ1v) is 11.2. The third-order valence-corrected chi connectivity index (χ3v) is 6.84. The zero-order valence-electron chi connectivity index (χ0n) is 19.3. The maximum Gasteiger partial charge on any atom is 0.416 e. The van der Waals surface area contributed by atoms with Crippen molar-refractivity contribution in [3.8, 4) is 0 Å². The summed E-state index contributed by atoms with van der Waals surface area (Å²) in [5.41, 5.74) is 1.99. The smallest absolute Gasteiger partial charge is 0.390 e. The molecule has 0 aliphatic heterocycles. The monoisotopic (exact) mass is 458 g/mol. The van der Waals surface area contributed by atoms with Gasteiger partial charge in [0.25, 0.3) is 0 Å². The fourth-order valence-corrected chi connectivity index (χ4v) is 4.79. The Morgan fingerprint density at radius 3 is 2.52 bits per heavy atom. The van der Waals surface area contributed by atoms with Gasteiger partial charge in [-0.2, -0.15) is 18.3 Å². The minimum Gasteiger partial charge on any atom is -0.390 e. The SMILES string of the molecule is Cc1c([C@@H](C)Nc2nnc(C)c3ncc([C@H]4CC[C@](C)(O)CC4)cc23)cccc1C(F)(F)F. The van der Waals surface area contributed by atoms with Crippen LogP contribution in [0.4, 0.5) is 19.0 Å². The number of nitrogens with one attached hydrogen (secondary N) is 1. The van der Waals surface area contributed by atoms with Gasteiger partial charge in [0, 0.05) is 11.6 Å². The second-order valence-corrected chi connectivity index (χ2v) is 9.45. The number of aryl methyl sites for hydroxylation is 1. The second kappa shape index (κ2) is 8.56. The molecule has 0 spiro atoms. The summed E-state index contributed by atoms with van der Waals surface area (Å²) in [5.74, 6) is 0.795. The number of pyridine rings is 1. The normalized spacial score (nSPS) is 22.4. The highest BCUT2D eigenvalue weighted by Crippen LogP contribution is 2.39. The van der Waals surface area contributed by atoms with E-state index in [2.05, 4.69) is 26.6 Å². The molecule has 2 heterocycles. The third kappa shape index (κ3) is 4.81. The van der Waals surface area contributed by atoms with E-state index in [1.807, 2.05) is 27.0 Å². The Morgan fingerprint density at radius 2 is 1.85 bits per heavy atom. The lowest BCUT2D eigenvalue weighted by atomic mass is 9.77. The number of anilines is 1. The topological polar surface area (TPSA) is 70.9 Å². The summed E-state index contributed by atoms with van der Waals surface area (Å²) < 4.78 is 40.1. The van der Waals surface area contributed by atoms with Crippen LogP contribution in [0.1, 0.15) is 79.4 Å². The van der Waals surface area contributed by atoms with Crippen LogP contribution in [0.2, 0.25) is 0 Å². The quantitative estimate of drug-likeness (QED) is 0.484. The van der Waals surface area contributed by atoms with Crippen LogP contribution in [-0.4, -0.2) is 25.9 Å². The maximum absolute atomic E-state index is 13.4. The van der Waals surface area contributed by atoms with Crippen LogP contribution in [0.3, 0.4) is 0 Å². The van der Waals surface area contributed by atoms with Gasteiger partial charge in [-0.1, -0.05) is 12.1 Å². The number of rotatable bonds is 4. The van der Waals surface area contributed by atoms with Crippen molar-refractivity contribution in [1.82, 2.24) is 15.2 Å². The van der Waals surface area contributed by atoms with Crippen LogP contribution in [0.25, 0.3) is 10.9 Å². The van der Waals surface area contributed by atoms with Crippen LogP contribution < -0.4 is 5.32 Å². The number of halogens is 3. The minimum atomic E-state index is -4.40. The van der Waals surface area contributed by atoms with Crippen LogP contribution in [0.15, 0.2) is 30.5 Å². The summed E-state index contributed by atoms with van der Waals surface area (Å²) in [6.07, 6.45) is 0.687. The van der Waals surface area contributed by atoms with Gasteiger partial charge in [-0.15, -0.1) is 5.10 Å². The van der Waals surface area contributed by atoms with Crippen molar-refractivity contribution in [2.75, 3.05) is 5.32 Å². The first-order valence-electron chi connectivity index (χ1n) is 11.2. The summed E-state index contributed by atoms with van der Waals surface area (Å²) in [6, 6.07) is 5.87. The fourth-order valence-electron chi connectivity index (χ4n) is 4.79. The van der Waals surface area contributed by atoms with Crippen molar-refractivity contribution in [1.29, 1.82) is 0 Å². The number of fused-ring (bicyclic) bond motifs is 1. The standard InChI is InChI=1S/C25H29F3N4O/c1-14-19(6-5-7-21(14)25(26,27)28)15(2)30-23-20-12-18(13-29-22(20)16(3)31-32-23)17-8-10-24(4,33)11-9-17/h5-7,12-13,15,17,33H,8-11H2,1-4H3,(H,30,32)/t15-,17-,24-/m1/s1. The molecule has 5 nitrogen and oxygen atoms in total. The van der Waals surface area contributed by atoms with Crippen molar-refractivity contribution in [3.05, 3.63) is 58.4 Å². The zero-order valence-corrected chi connectivity index (χ0v) is 19.3. The second-order valence-electron chi connectivity index (χ2n) is 9.45. The van der Waals surface area contributed by atoms with E-state index >= 15 is 0 Å². The number of aromatic nitrogens is 3. The molecule has 0 unspecified atom stereocenters. The van der Waals surface area contributed by atoms with Gasteiger partial charge in [0.05, 0.1) is 28.4 Å². The van der Waals surface area contributed by atoms with Gasteiger partial charge in [0.2, 0.25) is 0 Å². The summed E-state index contributed by atoms with van der Waals surface area (Å²) in [7, 11) is 0. The first-order chi connectivity index (χ1) is 15.5. The first kappa shape index (κ1) is 23.4. The Labute approximate surface area is 191 Å². The molecular weight excluding hydrogens is 429 g/mol. The molecule has 4 rings (SSSR count). The number of aliphatic hydroxyl groups is 1. The fraction of sp³-hybridized carbons (Fsp3) is 0.480. The lowest BCUT2D eigenvalue weighted by Gasteiger charge is -2.33. The van der Waals surface area contributed by atoms with Gasteiger partial charge >= 0.3 is 6.18 Å². The molecule has 0 radical (unpaired) electrons. The molecule has 2 aromatic heterocycles. The zero-order chi connectivity index (χ0) is 24.0. The summed E-state index contributed by atoms with van der Waals surface area (Å²) in [5, 5.41) is 22.9. The van der Waals surface area contributed by atoms with Crippen molar-refractivity contribution in [2.45, 2.75) is 77.1 Å². The lowest BCUT2D eigenvalue weighted by Crippen LogP contribution is -2.29. The predicted molar refractivity (Wildman–Crippen MR) is 122 cm³/mol. The molecule has 0 bridgehead atoms. The van der Waals surface area contributed by atoms with Gasteiger partial charge in [-0.05, 0) is 88.1 Å². The maximum atomic E-state index is 13.4. The van der Waals surface area contributed by atoms with Crippen molar-refractivity contribution in [3.63, 3.8) is 0 Å². The molecule has 3 aromatic rings. The average Bonchev–Trinajstić information content (AvgIpc) is 2.75. The highest BCUT2D eigenvalue weighted by atomic mass is 19.4. The Bertz CT molecular complexity index is 1170. The highest BCUT2D eigenvalue weighted by molar-refractivity contribution is 5.90. The Balaban J connectivity index is 1.68. The van der Waals surface area contributed by atoms with Crippen LogP contribution in [0, 0.1) is 13.8 Å². The molecule has 0 saturated heterocycles. The summed E-state index contributed by atoms with van der Waals surface area (Å²) >= 11 is 0. The third-order valence-electron chi connectivity index (χ3n) is 6.84. The lowest BCUT2D eigenvalue weighted by molar-refractivity contribution is -0.138. The number of nitrogens with zero attached hydrogens (tertiary/aromatic N) is 3. The van der Waals surface area contributed by atoms with E-state index in [1.54, 1.807) is 6.07 Å². The molecule has 1 aromatic carbocycles. The van der Waals surface area contributed by atoms with Crippen molar-refractivity contribution < 1.29 is 18.3 Å². The molecule has 1 saturated carbocycles. The molecular formula is C25H29F3N4O. The van der Waals surface area contributed by atoms with E-state index in [1.165, 1.54) is 13.0 Å². The molecule has 1 fully saturated rings. The molecule has 1 aliphatic rings. The van der Waals surface area contributed by atoms with Crippen molar-refractivity contribution >= 4 is 16.7 Å². The van der Waals surface area contributed by atoms with E-state index in [0.29, 0.717) is 28.5 Å². The summed E-state index contributed by atoms with van der Waals surface area (Å²) in [4.78, 5) is 4.64. The minimum absolute atomic E-state index is 0.197. The van der Waals surface area contributed by atoms with Gasteiger partial charge < -0.3 is 10.4 Å². The Kier molecular flexibility index (Phi) is 6.07. The van der Waals surface area contributed by atoms with E-state index < -0.39 is 23.4 Å². The van der Waals surface area contributed by atoms with Gasteiger partial charge in [-0.3, -0.25) is 4.98 Å². The van der Waals surface area contributed by atoms with Gasteiger partial charge in [0.15, 0.2) is 5.82 Å².